The lowest BCUT2D eigenvalue weighted by atomic mass is 9.50. The number of rotatable bonds is 2. The van der Waals surface area contributed by atoms with Crippen molar-refractivity contribution >= 4 is 11.7 Å². The van der Waals surface area contributed by atoms with Gasteiger partial charge in [-0.25, -0.2) is 0 Å². The Morgan fingerprint density at radius 2 is 2.18 bits per heavy atom. The second-order valence-corrected chi connectivity index (χ2v) is 8.84. The van der Waals surface area contributed by atoms with Crippen molar-refractivity contribution in [2.75, 3.05) is 39.3 Å². The largest absolute Gasteiger partial charge is 0.632 e. The predicted molar refractivity (Wildman–Crippen MR) is 106 cm³/mol. The van der Waals surface area contributed by atoms with Gasteiger partial charge in [-0.3, -0.25) is 4.79 Å². The van der Waals surface area contributed by atoms with Crippen molar-refractivity contribution in [2.45, 2.75) is 37.3 Å². The Morgan fingerprint density at radius 3 is 2.86 bits per heavy atom. The number of piperidine rings is 2. The number of ether oxygens (including phenoxy) is 2. The maximum atomic E-state index is 13.9. The quantitative estimate of drug-likeness (QED) is 0.339. The van der Waals surface area contributed by atoms with Gasteiger partial charge in [0, 0.05) is 36.9 Å². The molecule has 6 atom stereocenters. The van der Waals surface area contributed by atoms with E-state index in [1.807, 2.05) is 13.0 Å². The summed E-state index contributed by atoms with van der Waals surface area (Å²) in [6, 6.07) is 6.12. The summed E-state index contributed by atoms with van der Waals surface area (Å²) in [5, 5.41) is 13.9. The Labute approximate surface area is 165 Å². The highest BCUT2D eigenvalue weighted by Gasteiger charge is 2.72. The van der Waals surface area contributed by atoms with Crippen LogP contribution in [-0.4, -0.2) is 57.1 Å². The molecule has 5 rings (SSSR count). The van der Waals surface area contributed by atoms with Crippen LogP contribution in [-0.2, 0) is 14.9 Å². The summed E-state index contributed by atoms with van der Waals surface area (Å²) in [5.74, 6) is 0.449. The number of benzene rings is 1. The third-order valence-electron chi connectivity index (χ3n) is 8.11. The number of likely N-dealkylation sites (N-methyl/N-ethyl adjacent to an activating group) is 1. The molecule has 0 unspecified atom stereocenters. The minimum Gasteiger partial charge on any atom is -0.632 e. The molecule has 150 valence electrons. The van der Waals surface area contributed by atoms with Crippen LogP contribution >= 0.6 is 0 Å². The molecule has 4 aliphatic rings. The number of anilines is 1. The summed E-state index contributed by atoms with van der Waals surface area (Å²) in [6.07, 6.45) is 3.52. The van der Waals surface area contributed by atoms with E-state index in [9.17, 15) is 10.0 Å². The summed E-state index contributed by atoms with van der Waals surface area (Å²) in [7, 11) is 5.23. The van der Waals surface area contributed by atoms with E-state index in [1.54, 1.807) is 7.11 Å². The second kappa shape index (κ2) is 5.74. The van der Waals surface area contributed by atoms with Crippen molar-refractivity contribution in [3.8, 4) is 5.75 Å². The lowest BCUT2D eigenvalue weighted by molar-refractivity contribution is -0.916. The zero-order valence-corrected chi connectivity index (χ0v) is 17.0. The Hall–Kier alpha value is -2.05. The first-order valence-corrected chi connectivity index (χ1v) is 10.1. The molecule has 3 aliphatic heterocycles. The van der Waals surface area contributed by atoms with Crippen LogP contribution in [0.25, 0.3) is 0 Å². The van der Waals surface area contributed by atoms with Crippen molar-refractivity contribution in [3.05, 3.63) is 40.6 Å². The Morgan fingerprint density at radius 1 is 1.39 bits per heavy atom. The number of nitrogens with zero attached hydrogens (tertiary/aromatic N) is 2. The van der Waals surface area contributed by atoms with Gasteiger partial charge in [-0.15, -0.1) is 0 Å². The van der Waals surface area contributed by atoms with E-state index in [2.05, 4.69) is 30.2 Å². The SMILES string of the molecule is C/C=C1/C[N@+]2([O-])CC[C@@]34c5cc(OC)ccc5N(C)[C@H]3[C@@H]2C[C@H]1[C@H]4C(=O)OC. The molecule has 0 amide bonds. The first-order chi connectivity index (χ1) is 13.4. The highest BCUT2D eigenvalue weighted by molar-refractivity contribution is 5.80. The van der Waals surface area contributed by atoms with Gasteiger partial charge in [-0.2, -0.15) is 0 Å². The van der Waals surface area contributed by atoms with Crippen molar-refractivity contribution in [1.82, 2.24) is 0 Å². The first-order valence-electron chi connectivity index (χ1n) is 10.1. The number of carbonyl (C=O) groups is 1. The van der Waals surface area contributed by atoms with Crippen LogP contribution < -0.4 is 9.64 Å². The fraction of sp³-hybridized carbons (Fsp3) is 0.591. The van der Waals surface area contributed by atoms with Crippen molar-refractivity contribution in [2.24, 2.45) is 11.8 Å². The van der Waals surface area contributed by atoms with E-state index in [4.69, 9.17) is 9.47 Å². The molecule has 3 heterocycles. The van der Waals surface area contributed by atoms with E-state index >= 15 is 0 Å². The summed E-state index contributed by atoms with van der Waals surface area (Å²) < 4.78 is 10.7. The molecular weight excluding hydrogens is 356 g/mol. The monoisotopic (exact) mass is 384 g/mol. The Kier molecular flexibility index (Phi) is 3.69. The Bertz CT molecular complexity index is 883. The molecule has 0 N–H and O–H groups in total. The molecule has 1 aliphatic carbocycles. The summed E-state index contributed by atoms with van der Waals surface area (Å²) >= 11 is 0. The normalized spacial score (nSPS) is 41.6. The van der Waals surface area contributed by atoms with Crippen LogP contribution in [0.1, 0.15) is 25.3 Å². The number of carbonyl (C=O) groups excluding carboxylic acids is 1. The molecule has 0 aromatic heterocycles. The van der Waals surface area contributed by atoms with Gasteiger partial charge >= 0.3 is 5.97 Å². The molecule has 1 aromatic carbocycles. The molecule has 2 saturated heterocycles. The first kappa shape index (κ1) is 18.0. The summed E-state index contributed by atoms with van der Waals surface area (Å²) in [6.45, 7) is 3.04. The van der Waals surface area contributed by atoms with E-state index in [-0.39, 0.29) is 34.5 Å². The van der Waals surface area contributed by atoms with Gasteiger partial charge in [0.2, 0.25) is 0 Å². The summed E-state index contributed by atoms with van der Waals surface area (Å²) in [5.41, 5.74) is 2.98. The van der Waals surface area contributed by atoms with Gasteiger partial charge in [0.05, 0.1) is 32.7 Å². The van der Waals surface area contributed by atoms with Gasteiger partial charge in [-0.1, -0.05) is 6.08 Å². The zero-order chi connectivity index (χ0) is 19.8. The molecule has 6 nitrogen and oxygen atoms in total. The number of hydroxylamine groups is 3. The molecule has 0 spiro atoms. The average Bonchev–Trinajstić information content (AvgIpc) is 2.97. The number of esters is 1. The standard InChI is InChI=1S/C22H28N2O4/c1-5-13-12-24(26)9-8-22-16-10-14(27-3)6-7-17(16)23(2)20(22)18(24)11-15(13)19(22)21(25)28-4/h5-7,10,15,18-20H,8-9,11-12H2,1-4H3/b13-5-/t15-,18+,19+,20+,22+,24-/m1/s1. The van der Waals surface area contributed by atoms with E-state index in [0.717, 1.165) is 29.0 Å². The predicted octanol–water partition coefficient (Wildman–Crippen LogP) is 2.61. The molecule has 1 aromatic rings. The van der Waals surface area contributed by atoms with Crippen LogP contribution in [0.4, 0.5) is 5.69 Å². The fourth-order valence-corrected chi connectivity index (χ4v) is 7.04. The van der Waals surface area contributed by atoms with Crippen LogP contribution in [0.5, 0.6) is 5.75 Å². The zero-order valence-electron chi connectivity index (χ0n) is 17.0. The third kappa shape index (κ3) is 1.93. The molecule has 0 radical (unpaired) electrons. The molecule has 1 saturated carbocycles. The van der Waals surface area contributed by atoms with Crippen LogP contribution in [0.3, 0.4) is 0 Å². The number of quaternary nitrogens is 1. The second-order valence-electron chi connectivity index (χ2n) is 8.84. The van der Waals surface area contributed by atoms with Crippen molar-refractivity contribution in [1.29, 1.82) is 0 Å². The van der Waals surface area contributed by atoms with Gasteiger partial charge in [0.1, 0.15) is 18.3 Å². The molecule has 28 heavy (non-hydrogen) atoms. The van der Waals surface area contributed by atoms with Gasteiger partial charge in [0.25, 0.3) is 0 Å². The Balaban J connectivity index is 1.80. The third-order valence-corrected chi connectivity index (χ3v) is 8.11. The van der Waals surface area contributed by atoms with Crippen molar-refractivity contribution < 1.29 is 18.9 Å². The highest BCUT2D eigenvalue weighted by atomic mass is 16.5. The molecule has 6 heteroatoms. The summed E-state index contributed by atoms with van der Waals surface area (Å²) in [4.78, 5) is 15.5. The van der Waals surface area contributed by atoms with Gasteiger partial charge in [0.15, 0.2) is 0 Å². The van der Waals surface area contributed by atoms with Gasteiger partial charge in [-0.05, 0) is 36.3 Å². The number of fused-ring (bicyclic) bond motifs is 2. The number of methoxy groups -OCH3 is 2. The number of hydrogen-bond acceptors (Lipinski definition) is 5. The van der Waals surface area contributed by atoms with Gasteiger partial charge < -0.3 is 24.2 Å². The molecule has 3 bridgehead atoms. The molecule has 3 fully saturated rings. The minimum atomic E-state index is -0.403. The van der Waals surface area contributed by atoms with Crippen molar-refractivity contribution in [3.63, 3.8) is 0 Å². The van der Waals surface area contributed by atoms with Crippen LogP contribution in [0.2, 0.25) is 0 Å². The van der Waals surface area contributed by atoms with Crippen LogP contribution in [0.15, 0.2) is 29.8 Å². The maximum absolute atomic E-state index is 13.9. The van der Waals surface area contributed by atoms with Crippen LogP contribution in [0, 0.1) is 17.0 Å². The van der Waals surface area contributed by atoms with E-state index < -0.39 is 5.41 Å². The maximum Gasteiger partial charge on any atom is 0.310 e. The number of allylic oxidation sites excluding steroid dienone is 1. The lowest BCUT2D eigenvalue weighted by Gasteiger charge is -2.68. The van der Waals surface area contributed by atoms with E-state index in [1.165, 1.54) is 7.11 Å². The fourth-order valence-electron chi connectivity index (χ4n) is 7.04. The smallest absolute Gasteiger partial charge is 0.310 e. The molecular formula is C22H28N2O4. The average molecular weight is 384 g/mol. The topological polar surface area (TPSA) is 61.8 Å². The minimum absolute atomic E-state index is 0.0135. The van der Waals surface area contributed by atoms with E-state index in [0.29, 0.717) is 19.5 Å². The highest BCUT2D eigenvalue weighted by Crippen LogP contribution is 2.65. The number of hydrogen-bond donors (Lipinski definition) is 0. The lowest BCUT2D eigenvalue weighted by Crippen LogP contribution is -2.77.